The van der Waals surface area contributed by atoms with E-state index in [4.69, 9.17) is 0 Å². The van der Waals surface area contributed by atoms with Gasteiger partial charge in [0.05, 0.1) is 0 Å². The standard InChI is InChI=1S/C4H9FN2/c1-3-4(5)7-6-2/h6H,3H2,1-2H3/b7-4+. The van der Waals surface area contributed by atoms with Gasteiger partial charge in [-0.25, -0.2) is 0 Å². The number of hydrogen-bond donors (Lipinski definition) is 1. The Morgan fingerprint density at radius 1 is 1.86 bits per heavy atom. The summed E-state index contributed by atoms with van der Waals surface area (Å²) in [6, 6.07) is 0. The maximum atomic E-state index is 11.8. The summed E-state index contributed by atoms with van der Waals surface area (Å²) in [6.45, 7) is 1.70. The second kappa shape index (κ2) is 3.59. The average molecular weight is 104 g/mol. The molecule has 0 saturated carbocycles. The van der Waals surface area contributed by atoms with Gasteiger partial charge in [0.1, 0.15) is 0 Å². The summed E-state index contributed by atoms with van der Waals surface area (Å²) in [5, 5.41) is 3.24. The highest BCUT2D eigenvalue weighted by atomic mass is 19.1. The van der Waals surface area contributed by atoms with Crippen LogP contribution in [0.25, 0.3) is 0 Å². The van der Waals surface area contributed by atoms with Gasteiger partial charge in [-0.1, -0.05) is 6.92 Å². The van der Waals surface area contributed by atoms with Gasteiger partial charge in [0.25, 0.3) is 0 Å². The first-order chi connectivity index (χ1) is 3.31. The van der Waals surface area contributed by atoms with Gasteiger partial charge in [0.15, 0.2) is 0 Å². The number of hydrazone groups is 1. The molecule has 0 fully saturated rings. The van der Waals surface area contributed by atoms with Gasteiger partial charge in [0, 0.05) is 13.5 Å². The molecule has 0 spiro atoms. The molecule has 0 aromatic heterocycles. The Labute approximate surface area is 42.4 Å². The molecule has 0 atom stereocenters. The summed E-state index contributed by atoms with van der Waals surface area (Å²) >= 11 is 0. The summed E-state index contributed by atoms with van der Waals surface area (Å²) in [7, 11) is 1.56. The van der Waals surface area contributed by atoms with E-state index >= 15 is 0 Å². The van der Waals surface area contributed by atoms with Gasteiger partial charge in [-0.2, -0.15) is 9.49 Å². The second-order valence-electron chi connectivity index (χ2n) is 1.07. The van der Waals surface area contributed by atoms with E-state index in [-0.39, 0.29) is 5.97 Å². The molecule has 0 aliphatic rings. The van der Waals surface area contributed by atoms with Crippen molar-refractivity contribution in [3.8, 4) is 0 Å². The van der Waals surface area contributed by atoms with Crippen molar-refractivity contribution in [2.45, 2.75) is 13.3 Å². The fourth-order valence-electron chi connectivity index (χ4n) is 0.200. The number of rotatable bonds is 2. The normalized spacial score (nSPS) is 11.6. The molecule has 0 saturated heterocycles. The smallest absolute Gasteiger partial charge is 0.207 e. The van der Waals surface area contributed by atoms with E-state index in [1.165, 1.54) is 0 Å². The first-order valence-electron chi connectivity index (χ1n) is 2.20. The summed E-state index contributed by atoms with van der Waals surface area (Å²) in [5.74, 6) is -0.359. The van der Waals surface area contributed by atoms with Gasteiger partial charge in [0.2, 0.25) is 5.97 Å². The number of hydrogen-bond acceptors (Lipinski definition) is 2. The zero-order chi connectivity index (χ0) is 5.70. The Balaban J connectivity index is 3.29. The van der Waals surface area contributed by atoms with Crippen LogP contribution < -0.4 is 5.43 Å². The summed E-state index contributed by atoms with van der Waals surface area (Å²) in [5.41, 5.74) is 2.33. The molecule has 0 unspecified atom stereocenters. The summed E-state index contributed by atoms with van der Waals surface area (Å²) in [4.78, 5) is 0. The Morgan fingerprint density at radius 3 is 2.57 bits per heavy atom. The molecule has 0 aromatic rings. The van der Waals surface area contributed by atoms with E-state index in [9.17, 15) is 4.39 Å². The number of halogens is 1. The zero-order valence-corrected chi connectivity index (χ0v) is 4.53. The second-order valence-corrected chi connectivity index (χ2v) is 1.07. The van der Waals surface area contributed by atoms with Crippen molar-refractivity contribution in [3.63, 3.8) is 0 Å². The van der Waals surface area contributed by atoms with E-state index in [0.717, 1.165) is 0 Å². The Bertz CT molecular complexity index is 70.1. The molecule has 0 radical (unpaired) electrons. The fraction of sp³-hybridized carbons (Fsp3) is 0.750. The third kappa shape index (κ3) is 3.22. The van der Waals surface area contributed by atoms with Crippen molar-refractivity contribution in [3.05, 3.63) is 0 Å². The highest BCUT2D eigenvalue weighted by Crippen LogP contribution is 1.82. The lowest BCUT2D eigenvalue weighted by Crippen LogP contribution is -1.98. The Morgan fingerprint density at radius 2 is 2.43 bits per heavy atom. The largest absolute Gasteiger partial charge is 0.311 e. The summed E-state index contributed by atoms with van der Waals surface area (Å²) < 4.78 is 11.8. The fourth-order valence-corrected chi connectivity index (χ4v) is 0.200. The summed E-state index contributed by atoms with van der Waals surface area (Å²) in [6.07, 6.45) is 0.362. The predicted molar refractivity (Wildman–Crippen MR) is 27.9 cm³/mol. The quantitative estimate of drug-likeness (QED) is 0.408. The van der Waals surface area contributed by atoms with Crippen molar-refractivity contribution in [1.82, 2.24) is 5.43 Å². The van der Waals surface area contributed by atoms with E-state index < -0.39 is 0 Å². The molecule has 7 heavy (non-hydrogen) atoms. The third-order valence-electron chi connectivity index (χ3n) is 0.525. The van der Waals surface area contributed by atoms with Crippen LogP contribution in [-0.2, 0) is 0 Å². The van der Waals surface area contributed by atoms with Crippen LogP contribution in [0.4, 0.5) is 4.39 Å². The Hall–Kier alpha value is -0.600. The number of nitrogens with one attached hydrogen (secondary N) is 1. The molecule has 0 aliphatic heterocycles. The molecule has 0 aliphatic carbocycles. The predicted octanol–water partition coefficient (Wildman–Crippen LogP) is 0.899. The van der Waals surface area contributed by atoms with Crippen molar-refractivity contribution in [2.24, 2.45) is 5.10 Å². The van der Waals surface area contributed by atoms with Gasteiger partial charge in [-0.3, -0.25) is 0 Å². The van der Waals surface area contributed by atoms with Crippen LogP contribution in [0, 0.1) is 0 Å². The maximum Gasteiger partial charge on any atom is 0.207 e. The van der Waals surface area contributed by atoms with E-state index in [1.807, 2.05) is 0 Å². The molecule has 0 amide bonds. The zero-order valence-electron chi connectivity index (χ0n) is 4.53. The Kier molecular flexibility index (Phi) is 3.28. The molecule has 0 aromatic carbocycles. The number of nitrogens with zero attached hydrogens (tertiary/aromatic N) is 1. The van der Waals surface area contributed by atoms with Crippen LogP contribution in [0.2, 0.25) is 0 Å². The first-order valence-corrected chi connectivity index (χ1v) is 2.20. The van der Waals surface area contributed by atoms with Gasteiger partial charge >= 0.3 is 0 Å². The highest BCUT2D eigenvalue weighted by molar-refractivity contribution is 5.73. The minimum absolute atomic E-state index is 0.359. The molecular formula is C4H9FN2. The van der Waals surface area contributed by atoms with Crippen molar-refractivity contribution in [1.29, 1.82) is 0 Å². The van der Waals surface area contributed by atoms with Gasteiger partial charge < -0.3 is 5.43 Å². The molecule has 1 N–H and O–H groups in total. The van der Waals surface area contributed by atoms with Gasteiger partial charge in [-0.05, 0) is 0 Å². The lowest BCUT2D eigenvalue weighted by atomic mass is 10.5. The minimum atomic E-state index is -0.359. The minimum Gasteiger partial charge on any atom is -0.311 e. The van der Waals surface area contributed by atoms with E-state index in [1.54, 1.807) is 14.0 Å². The lowest BCUT2D eigenvalue weighted by Gasteiger charge is -1.85. The van der Waals surface area contributed by atoms with Crippen LogP contribution in [0.3, 0.4) is 0 Å². The van der Waals surface area contributed by atoms with Crippen LogP contribution in [0.15, 0.2) is 5.10 Å². The SMILES string of the molecule is CC/C(F)=N\NC. The molecule has 0 heterocycles. The average Bonchev–Trinajstić information content (AvgIpc) is 1.68. The van der Waals surface area contributed by atoms with E-state index in [2.05, 4.69) is 10.5 Å². The van der Waals surface area contributed by atoms with Crippen molar-refractivity contribution in [2.75, 3.05) is 7.05 Å². The molecule has 2 nitrogen and oxygen atoms in total. The first kappa shape index (κ1) is 6.40. The van der Waals surface area contributed by atoms with E-state index in [0.29, 0.717) is 6.42 Å². The highest BCUT2D eigenvalue weighted by Gasteiger charge is 1.84. The van der Waals surface area contributed by atoms with Crippen LogP contribution >= 0.6 is 0 Å². The third-order valence-corrected chi connectivity index (χ3v) is 0.525. The van der Waals surface area contributed by atoms with Crippen LogP contribution in [0.1, 0.15) is 13.3 Å². The monoisotopic (exact) mass is 104 g/mol. The molecule has 0 rings (SSSR count). The lowest BCUT2D eigenvalue weighted by molar-refractivity contribution is 0.733. The van der Waals surface area contributed by atoms with Crippen molar-refractivity contribution >= 4 is 5.97 Å². The van der Waals surface area contributed by atoms with Crippen LogP contribution in [-0.4, -0.2) is 13.0 Å². The topological polar surface area (TPSA) is 24.4 Å². The van der Waals surface area contributed by atoms with Crippen LogP contribution in [0.5, 0.6) is 0 Å². The molecule has 0 bridgehead atoms. The molecule has 42 valence electrons. The van der Waals surface area contributed by atoms with Crippen molar-refractivity contribution < 1.29 is 4.39 Å². The maximum absolute atomic E-state index is 11.8. The molecular weight excluding hydrogens is 95.1 g/mol. The van der Waals surface area contributed by atoms with Gasteiger partial charge in [-0.15, -0.1) is 0 Å². The molecule has 3 heteroatoms.